The molecule has 21 heavy (non-hydrogen) atoms. The fourth-order valence-electron chi connectivity index (χ4n) is 2.05. The number of alkyl halides is 3. The van der Waals surface area contributed by atoms with Crippen LogP contribution >= 0.6 is 0 Å². The van der Waals surface area contributed by atoms with Crippen LogP contribution in [0.3, 0.4) is 0 Å². The number of rotatable bonds is 9. The van der Waals surface area contributed by atoms with Crippen molar-refractivity contribution in [1.82, 2.24) is 0 Å². The van der Waals surface area contributed by atoms with E-state index in [1.165, 1.54) is 43.5 Å². The van der Waals surface area contributed by atoms with E-state index in [2.05, 4.69) is 11.7 Å². The summed E-state index contributed by atoms with van der Waals surface area (Å²) in [5.41, 5.74) is 0.429. The average molecular weight is 302 g/mol. The standard InChI is InChI=1S/C16H21F3O2/c1-2-3-4-5-6-7-8-15(20)13-9-11-14(12-10-13)21-16(17,18)19/h9-12H,2-8H2,1H3. The molecule has 118 valence electrons. The zero-order valence-electron chi connectivity index (χ0n) is 12.2. The molecular weight excluding hydrogens is 281 g/mol. The second-order valence-corrected chi connectivity index (χ2v) is 5.01. The van der Waals surface area contributed by atoms with E-state index in [4.69, 9.17) is 0 Å². The maximum atomic E-state index is 12.0. The molecule has 0 saturated carbocycles. The molecule has 5 heteroatoms. The number of halogens is 3. The van der Waals surface area contributed by atoms with Crippen LogP contribution < -0.4 is 4.74 Å². The summed E-state index contributed by atoms with van der Waals surface area (Å²) in [4.78, 5) is 11.9. The van der Waals surface area contributed by atoms with Crippen LogP contribution in [0.2, 0.25) is 0 Å². The lowest BCUT2D eigenvalue weighted by molar-refractivity contribution is -0.274. The molecule has 1 aromatic rings. The minimum atomic E-state index is -4.70. The fraction of sp³-hybridized carbons (Fsp3) is 0.562. The van der Waals surface area contributed by atoms with Crippen LogP contribution in [0.1, 0.15) is 62.2 Å². The molecule has 0 saturated heterocycles. The number of ether oxygens (including phenoxy) is 1. The van der Waals surface area contributed by atoms with Gasteiger partial charge in [0.1, 0.15) is 5.75 Å². The van der Waals surface area contributed by atoms with Gasteiger partial charge < -0.3 is 4.74 Å². The van der Waals surface area contributed by atoms with Crippen LogP contribution in [0.4, 0.5) is 13.2 Å². The molecule has 0 unspecified atom stereocenters. The maximum absolute atomic E-state index is 12.0. The van der Waals surface area contributed by atoms with Gasteiger partial charge in [-0.2, -0.15) is 0 Å². The van der Waals surface area contributed by atoms with Gasteiger partial charge in [0.15, 0.2) is 5.78 Å². The quantitative estimate of drug-likeness (QED) is 0.443. The van der Waals surface area contributed by atoms with E-state index in [-0.39, 0.29) is 11.5 Å². The van der Waals surface area contributed by atoms with Crippen LogP contribution in [0.25, 0.3) is 0 Å². The Morgan fingerprint density at radius 1 is 1.00 bits per heavy atom. The van der Waals surface area contributed by atoms with Crippen LogP contribution in [-0.4, -0.2) is 12.1 Å². The topological polar surface area (TPSA) is 26.3 Å². The van der Waals surface area contributed by atoms with Gasteiger partial charge in [-0.05, 0) is 30.7 Å². The summed E-state index contributed by atoms with van der Waals surface area (Å²) in [5, 5.41) is 0. The summed E-state index contributed by atoms with van der Waals surface area (Å²) in [5.74, 6) is -0.345. The molecular formula is C16H21F3O2. The number of hydrogen-bond donors (Lipinski definition) is 0. The van der Waals surface area contributed by atoms with Gasteiger partial charge in [-0.25, -0.2) is 0 Å². The second-order valence-electron chi connectivity index (χ2n) is 5.01. The molecule has 1 aromatic carbocycles. The zero-order chi connectivity index (χ0) is 15.7. The molecule has 0 bridgehead atoms. The summed E-state index contributed by atoms with van der Waals surface area (Å²) in [6.07, 6.45) is 2.29. The minimum Gasteiger partial charge on any atom is -0.406 e. The van der Waals surface area contributed by atoms with Crippen molar-refractivity contribution >= 4 is 5.78 Å². The number of benzene rings is 1. The monoisotopic (exact) mass is 302 g/mol. The van der Waals surface area contributed by atoms with Crippen molar-refractivity contribution < 1.29 is 22.7 Å². The third kappa shape index (κ3) is 7.73. The Hall–Kier alpha value is -1.52. The van der Waals surface area contributed by atoms with Gasteiger partial charge >= 0.3 is 6.36 Å². The molecule has 0 aromatic heterocycles. The molecule has 0 amide bonds. The number of carbonyl (C=O) groups excluding carboxylic acids is 1. The maximum Gasteiger partial charge on any atom is 0.573 e. The lowest BCUT2D eigenvalue weighted by Gasteiger charge is -2.09. The van der Waals surface area contributed by atoms with E-state index >= 15 is 0 Å². The number of Topliss-reactive ketones (excluding diaryl/α,β-unsaturated/α-hetero) is 1. The smallest absolute Gasteiger partial charge is 0.406 e. The van der Waals surface area contributed by atoms with Crippen molar-refractivity contribution in [1.29, 1.82) is 0 Å². The normalized spacial score (nSPS) is 11.4. The molecule has 0 spiro atoms. The van der Waals surface area contributed by atoms with Gasteiger partial charge in [-0.15, -0.1) is 13.2 Å². The van der Waals surface area contributed by atoms with Gasteiger partial charge in [-0.3, -0.25) is 4.79 Å². The molecule has 0 aliphatic carbocycles. The Morgan fingerprint density at radius 2 is 1.57 bits per heavy atom. The third-order valence-corrected chi connectivity index (χ3v) is 3.17. The molecule has 0 atom stereocenters. The van der Waals surface area contributed by atoms with Gasteiger partial charge in [-0.1, -0.05) is 39.0 Å². The Bertz CT molecular complexity index is 424. The molecule has 0 aliphatic rings. The Labute approximate surface area is 123 Å². The zero-order valence-corrected chi connectivity index (χ0v) is 12.2. The van der Waals surface area contributed by atoms with Crippen LogP contribution in [0.5, 0.6) is 5.75 Å². The highest BCUT2D eigenvalue weighted by atomic mass is 19.4. The number of carbonyl (C=O) groups is 1. The predicted molar refractivity (Wildman–Crippen MR) is 75.4 cm³/mol. The van der Waals surface area contributed by atoms with Gasteiger partial charge in [0, 0.05) is 12.0 Å². The second kappa shape index (κ2) is 8.70. The van der Waals surface area contributed by atoms with E-state index in [9.17, 15) is 18.0 Å². The van der Waals surface area contributed by atoms with Gasteiger partial charge in [0.2, 0.25) is 0 Å². The highest BCUT2D eigenvalue weighted by molar-refractivity contribution is 5.96. The molecule has 0 fully saturated rings. The highest BCUT2D eigenvalue weighted by Crippen LogP contribution is 2.23. The molecule has 0 heterocycles. The Balaban J connectivity index is 2.34. The third-order valence-electron chi connectivity index (χ3n) is 3.17. The first kappa shape index (κ1) is 17.5. The highest BCUT2D eigenvalue weighted by Gasteiger charge is 2.31. The van der Waals surface area contributed by atoms with Crippen molar-refractivity contribution in [3.05, 3.63) is 29.8 Å². The van der Waals surface area contributed by atoms with Crippen LogP contribution in [0, 0.1) is 0 Å². The Kier molecular flexibility index (Phi) is 7.26. The average Bonchev–Trinajstić information content (AvgIpc) is 2.41. The van der Waals surface area contributed by atoms with Gasteiger partial charge in [0.25, 0.3) is 0 Å². The first-order chi connectivity index (χ1) is 9.92. The van der Waals surface area contributed by atoms with Crippen LogP contribution in [-0.2, 0) is 0 Å². The minimum absolute atomic E-state index is 0.0379. The molecule has 1 rings (SSSR count). The fourth-order valence-corrected chi connectivity index (χ4v) is 2.05. The number of hydrogen-bond acceptors (Lipinski definition) is 2. The Morgan fingerprint density at radius 3 is 2.14 bits per heavy atom. The van der Waals surface area contributed by atoms with Gasteiger partial charge in [0.05, 0.1) is 0 Å². The predicted octanol–water partition coefficient (Wildman–Crippen LogP) is 5.52. The van der Waals surface area contributed by atoms with E-state index in [0.29, 0.717) is 12.0 Å². The summed E-state index contributed by atoms with van der Waals surface area (Å²) >= 11 is 0. The molecule has 0 radical (unpaired) electrons. The largest absolute Gasteiger partial charge is 0.573 e. The lowest BCUT2D eigenvalue weighted by Crippen LogP contribution is -2.17. The summed E-state index contributed by atoms with van der Waals surface area (Å²) in [6, 6.07) is 5.09. The first-order valence-electron chi connectivity index (χ1n) is 7.31. The van der Waals surface area contributed by atoms with E-state index in [1.54, 1.807) is 0 Å². The van der Waals surface area contributed by atoms with E-state index in [1.807, 2.05) is 0 Å². The van der Waals surface area contributed by atoms with E-state index < -0.39 is 6.36 Å². The number of unbranched alkanes of at least 4 members (excludes halogenated alkanes) is 5. The van der Waals surface area contributed by atoms with Crippen LogP contribution in [0.15, 0.2) is 24.3 Å². The van der Waals surface area contributed by atoms with Crippen molar-refractivity contribution in [2.75, 3.05) is 0 Å². The summed E-state index contributed by atoms with van der Waals surface area (Å²) in [7, 11) is 0. The lowest BCUT2D eigenvalue weighted by atomic mass is 10.0. The summed E-state index contributed by atoms with van der Waals surface area (Å²) < 4.78 is 39.8. The van der Waals surface area contributed by atoms with E-state index in [0.717, 1.165) is 19.3 Å². The number of ketones is 1. The van der Waals surface area contributed by atoms with Crippen molar-refractivity contribution in [3.63, 3.8) is 0 Å². The SMILES string of the molecule is CCCCCCCCC(=O)c1ccc(OC(F)(F)F)cc1. The first-order valence-corrected chi connectivity index (χ1v) is 7.31. The summed E-state index contributed by atoms with van der Waals surface area (Å²) in [6.45, 7) is 2.15. The molecule has 0 aliphatic heterocycles. The van der Waals surface area contributed by atoms with Crippen molar-refractivity contribution in [2.24, 2.45) is 0 Å². The van der Waals surface area contributed by atoms with Crippen molar-refractivity contribution in [2.45, 2.75) is 58.2 Å². The van der Waals surface area contributed by atoms with Crippen molar-refractivity contribution in [3.8, 4) is 5.75 Å². The molecule has 0 N–H and O–H groups in total. The molecule has 2 nitrogen and oxygen atoms in total.